The maximum atomic E-state index is 12.5. The van der Waals surface area contributed by atoms with Crippen LogP contribution >= 0.6 is 11.3 Å². The summed E-state index contributed by atoms with van der Waals surface area (Å²) in [6.45, 7) is 7.78. The van der Waals surface area contributed by atoms with Gasteiger partial charge >= 0.3 is 0 Å². The van der Waals surface area contributed by atoms with Gasteiger partial charge in [0.2, 0.25) is 0 Å². The van der Waals surface area contributed by atoms with Crippen molar-refractivity contribution < 1.29 is 9.59 Å². The standard InChI is InChI=1S/C20H22N4O2S/c1-11(2)14-6-8-15(9-7-14)16-10-27-20(21-16)22-19(26)18(25)17-12(3)23-24(5)13(17)4/h6-11H,1-5H3,(H,21,22,26). The molecule has 0 atom stereocenters. The fraction of sp³-hybridized carbons (Fsp3) is 0.300. The molecule has 27 heavy (non-hydrogen) atoms. The number of anilines is 1. The molecule has 0 saturated heterocycles. The Morgan fingerprint density at radius 3 is 2.37 bits per heavy atom. The third-order valence-corrected chi connectivity index (χ3v) is 5.30. The minimum atomic E-state index is -0.703. The number of nitrogens with one attached hydrogen (secondary N) is 1. The summed E-state index contributed by atoms with van der Waals surface area (Å²) in [5.74, 6) is -0.837. The van der Waals surface area contributed by atoms with Crippen molar-refractivity contribution in [3.63, 3.8) is 0 Å². The first kappa shape index (κ1) is 19.0. The quantitative estimate of drug-likeness (QED) is 0.532. The molecule has 6 nitrogen and oxygen atoms in total. The highest BCUT2D eigenvalue weighted by molar-refractivity contribution is 7.14. The van der Waals surface area contributed by atoms with Crippen molar-refractivity contribution in [2.45, 2.75) is 33.6 Å². The number of benzene rings is 1. The summed E-state index contributed by atoms with van der Waals surface area (Å²) in [5, 5.41) is 9.06. The number of nitrogens with zero attached hydrogens (tertiary/aromatic N) is 3. The second-order valence-electron chi connectivity index (χ2n) is 6.77. The Bertz CT molecular complexity index is 1000. The molecule has 0 aliphatic heterocycles. The highest BCUT2D eigenvalue weighted by atomic mass is 32.1. The van der Waals surface area contributed by atoms with Gasteiger partial charge in [0.15, 0.2) is 5.13 Å². The lowest BCUT2D eigenvalue weighted by molar-refractivity contribution is -0.112. The Morgan fingerprint density at radius 2 is 1.81 bits per heavy atom. The Balaban J connectivity index is 1.75. The van der Waals surface area contributed by atoms with Gasteiger partial charge in [-0.25, -0.2) is 4.98 Å². The number of ketones is 1. The molecule has 0 aliphatic carbocycles. The molecule has 0 unspecified atom stereocenters. The topological polar surface area (TPSA) is 76.9 Å². The van der Waals surface area contributed by atoms with Crippen molar-refractivity contribution >= 4 is 28.2 Å². The molecule has 0 bridgehead atoms. The van der Waals surface area contributed by atoms with Crippen LogP contribution in [0.3, 0.4) is 0 Å². The molecule has 1 amide bonds. The predicted octanol–water partition coefficient (Wildman–Crippen LogP) is 4.11. The normalized spacial score (nSPS) is 11.0. The second kappa shape index (κ2) is 7.44. The van der Waals surface area contributed by atoms with E-state index in [1.165, 1.54) is 16.9 Å². The van der Waals surface area contributed by atoms with E-state index >= 15 is 0 Å². The van der Waals surface area contributed by atoms with Gasteiger partial charge in [-0.2, -0.15) is 5.10 Å². The molecular weight excluding hydrogens is 360 g/mol. The van der Waals surface area contributed by atoms with Crippen LogP contribution in [0.1, 0.15) is 47.1 Å². The zero-order chi connectivity index (χ0) is 19.7. The van der Waals surface area contributed by atoms with Gasteiger partial charge in [0.25, 0.3) is 11.7 Å². The van der Waals surface area contributed by atoms with Crippen molar-refractivity contribution in [1.29, 1.82) is 0 Å². The Hall–Kier alpha value is -2.80. The van der Waals surface area contributed by atoms with Crippen LogP contribution in [0.15, 0.2) is 29.6 Å². The molecule has 0 aliphatic rings. The zero-order valence-electron chi connectivity index (χ0n) is 16.0. The van der Waals surface area contributed by atoms with E-state index in [1.807, 2.05) is 17.5 Å². The van der Waals surface area contributed by atoms with Gasteiger partial charge in [-0.1, -0.05) is 38.1 Å². The molecule has 3 aromatic rings. The lowest BCUT2D eigenvalue weighted by Crippen LogP contribution is -2.23. The number of Topliss-reactive ketones (excluding diaryl/α,β-unsaturated/α-hetero) is 1. The van der Waals surface area contributed by atoms with Crippen LogP contribution in [-0.2, 0) is 11.8 Å². The van der Waals surface area contributed by atoms with Crippen LogP contribution in [-0.4, -0.2) is 26.5 Å². The van der Waals surface area contributed by atoms with Gasteiger partial charge in [-0.15, -0.1) is 11.3 Å². The number of amides is 1. The maximum absolute atomic E-state index is 12.5. The molecule has 7 heteroatoms. The predicted molar refractivity (Wildman–Crippen MR) is 107 cm³/mol. The summed E-state index contributed by atoms with van der Waals surface area (Å²) in [6, 6.07) is 8.19. The molecule has 0 radical (unpaired) electrons. The summed E-state index contributed by atoms with van der Waals surface area (Å²) in [5.41, 5.74) is 4.55. The first-order valence-corrected chi connectivity index (χ1v) is 9.57. The van der Waals surface area contributed by atoms with Crippen molar-refractivity contribution in [2.24, 2.45) is 7.05 Å². The summed E-state index contributed by atoms with van der Waals surface area (Å²) >= 11 is 1.29. The summed E-state index contributed by atoms with van der Waals surface area (Å²) in [6.07, 6.45) is 0. The third-order valence-electron chi connectivity index (χ3n) is 4.54. The van der Waals surface area contributed by atoms with Crippen molar-refractivity contribution in [1.82, 2.24) is 14.8 Å². The first-order chi connectivity index (χ1) is 12.8. The maximum Gasteiger partial charge on any atom is 0.298 e. The van der Waals surface area contributed by atoms with E-state index in [4.69, 9.17) is 0 Å². The molecule has 2 heterocycles. The van der Waals surface area contributed by atoms with Crippen LogP contribution in [0.4, 0.5) is 5.13 Å². The minimum Gasteiger partial charge on any atom is -0.295 e. The Morgan fingerprint density at radius 1 is 1.15 bits per heavy atom. The molecule has 0 spiro atoms. The monoisotopic (exact) mass is 382 g/mol. The van der Waals surface area contributed by atoms with Crippen LogP contribution in [0.25, 0.3) is 11.3 Å². The zero-order valence-corrected chi connectivity index (χ0v) is 16.8. The number of hydrogen-bond donors (Lipinski definition) is 1. The lowest BCUT2D eigenvalue weighted by atomic mass is 10.0. The fourth-order valence-corrected chi connectivity index (χ4v) is 3.59. The molecule has 140 valence electrons. The van der Waals surface area contributed by atoms with Gasteiger partial charge < -0.3 is 0 Å². The van der Waals surface area contributed by atoms with Gasteiger partial charge in [0.1, 0.15) is 0 Å². The van der Waals surface area contributed by atoms with E-state index in [9.17, 15) is 9.59 Å². The molecule has 0 saturated carbocycles. The van der Waals surface area contributed by atoms with Gasteiger partial charge in [0, 0.05) is 23.7 Å². The van der Waals surface area contributed by atoms with Crippen LogP contribution in [0.5, 0.6) is 0 Å². The van der Waals surface area contributed by atoms with Crippen LogP contribution in [0, 0.1) is 13.8 Å². The van der Waals surface area contributed by atoms with Crippen LogP contribution in [0.2, 0.25) is 0 Å². The molecule has 3 rings (SSSR count). The Kier molecular flexibility index (Phi) is 5.23. The smallest absolute Gasteiger partial charge is 0.295 e. The molecule has 0 fully saturated rings. The average molecular weight is 382 g/mol. The average Bonchev–Trinajstić information content (AvgIpc) is 3.19. The minimum absolute atomic E-state index is 0.344. The van der Waals surface area contributed by atoms with E-state index in [0.29, 0.717) is 28.0 Å². The van der Waals surface area contributed by atoms with Crippen LogP contribution < -0.4 is 5.32 Å². The molecular formula is C20H22N4O2S. The van der Waals surface area contributed by atoms with E-state index in [0.717, 1.165) is 11.3 Å². The second-order valence-corrected chi connectivity index (χ2v) is 7.63. The number of carbonyl (C=O) groups excluding carboxylic acids is 2. The SMILES string of the molecule is Cc1nn(C)c(C)c1C(=O)C(=O)Nc1nc(-c2ccc(C(C)C)cc2)cs1. The fourth-order valence-electron chi connectivity index (χ4n) is 2.87. The van der Waals surface area contributed by atoms with E-state index in [2.05, 4.69) is 41.4 Å². The van der Waals surface area contributed by atoms with Crippen molar-refractivity contribution in [3.8, 4) is 11.3 Å². The molecule has 1 aromatic carbocycles. The van der Waals surface area contributed by atoms with E-state index in [1.54, 1.807) is 25.6 Å². The van der Waals surface area contributed by atoms with Crippen molar-refractivity contribution in [2.75, 3.05) is 5.32 Å². The van der Waals surface area contributed by atoms with Gasteiger partial charge in [0.05, 0.1) is 17.0 Å². The summed E-state index contributed by atoms with van der Waals surface area (Å²) < 4.78 is 1.60. The van der Waals surface area contributed by atoms with Gasteiger partial charge in [-0.3, -0.25) is 19.6 Å². The number of hydrogen-bond acceptors (Lipinski definition) is 5. The molecule has 1 N–H and O–H groups in total. The highest BCUT2D eigenvalue weighted by Crippen LogP contribution is 2.26. The number of carbonyl (C=O) groups is 2. The number of aryl methyl sites for hydroxylation is 2. The summed E-state index contributed by atoms with van der Waals surface area (Å²) in [7, 11) is 1.74. The first-order valence-electron chi connectivity index (χ1n) is 8.69. The number of rotatable bonds is 5. The summed E-state index contributed by atoms with van der Waals surface area (Å²) in [4.78, 5) is 29.3. The lowest BCUT2D eigenvalue weighted by Gasteiger charge is -2.05. The van der Waals surface area contributed by atoms with Gasteiger partial charge in [-0.05, 0) is 25.3 Å². The van der Waals surface area contributed by atoms with Crippen molar-refractivity contribution in [3.05, 3.63) is 52.2 Å². The number of thiazole rings is 1. The van der Waals surface area contributed by atoms with E-state index in [-0.39, 0.29) is 0 Å². The molecule has 2 aromatic heterocycles. The highest BCUT2D eigenvalue weighted by Gasteiger charge is 2.24. The Labute approximate surface area is 162 Å². The largest absolute Gasteiger partial charge is 0.298 e. The van der Waals surface area contributed by atoms with E-state index < -0.39 is 11.7 Å². The third kappa shape index (κ3) is 3.83. The number of aromatic nitrogens is 3.